The molecule has 1 N–H and O–H groups in total. The van der Waals surface area contributed by atoms with Gasteiger partial charge in [0.2, 0.25) is 0 Å². The van der Waals surface area contributed by atoms with Crippen molar-refractivity contribution >= 4 is 11.3 Å². The summed E-state index contributed by atoms with van der Waals surface area (Å²) >= 11 is 1.59. The molecule has 4 nitrogen and oxygen atoms in total. The molecule has 1 aromatic heterocycles. The summed E-state index contributed by atoms with van der Waals surface area (Å²) in [5.41, 5.74) is 4.02. The second-order valence-electron chi connectivity index (χ2n) is 4.50. The lowest BCUT2D eigenvalue weighted by molar-refractivity contribution is 0.150. The molecule has 19 heavy (non-hydrogen) atoms. The summed E-state index contributed by atoms with van der Waals surface area (Å²) in [7, 11) is 3.64. The second-order valence-corrected chi connectivity index (χ2v) is 5.22. The first-order valence-electron chi connectivity index (χ1n) is 6.21. The standard InChI is InChI=1S/C14H16N2O2S/c1-15-11-6-14(12-7-19-8-16-12)18-13-5-9(17-2)3-4-10(11)13/h3-5,7-8,11,14-15H,6H2,1-2H3. The number of hydrogen-bond acceptors (Lipinski definition) is 5. The van der Waals surface area contributed by atoms with Crippen molar-refractivity contribution in [1.29, 1.82) is 0 Å². The highest BCUT2D eigenvalue weighted by Crippen LogP contribution is 2.41. The Morgan fingerprint density at radius 1 is 1.47 bits per heavy atom. The van der Waals surface area contributed by atoms with Crippen LogP contribution in [0.25, 0.3) is 0 Å². The van der Waals surface area contributed by atoms with Crippen molar-refractivity contribution in [2.75, 3.05) is 14.2 Å². The van der Waals surface area contributed by atoms with Gasteiger partial charge in [0.1, 0.15) is 17.6 Å². The van der Waals surface area contributed by atoms with E-state index in [0.29, 0.717) is 0 Å². The molecule has 1 aliphatic rings. The van der Waals surface area contributed by atoms with Crippen LogP contribution >= 0.6 is 11.3 Å². The summed E-state index contributed by atoms with van der Waals surface area (Å²) in [5.74, 6) is 1.69. The SMILES string of the molecule is CNC1CC(c2cscn2)Oc2cc(OC)ccc21. The number of aromatic nitrogens is 1. The van der Waals surface area contributed by atoms with E-state index in [1.807, 2.05) is 30.1 Å². The molecule has 0 aliphatic carbocycles. The van der Waals surface area contributed by atoms with E-state index in [1.54, 1.807) is 18.4 Å². The smallest absolute Gasteiger partial charge is 0.143 e. The summed E-state index contributed by atoms with van der Waals surface area (Å²) in [6.07, 6.45) is 0.892. The number of thiazole rings is 1. The fourth-order valence-electron chi connectivity index (χ4n) is 2.41. The predicted molar refractivity (Wildman–Crippen MR) is 74.9 cm³/mol. The number of fused-ring (bicyclic) bond motifs is 1. The fourth-order valence-corrected chi connectivity index (χ4v) is 3.00. The Labute approximate surface area is 116 Å². The second kappa shape index (κ2) is 5.19. The lowest BCUT2D eigenvalue weighted by Gasteiger charge is -2.31. The minimum Gasteiger partial charge on any atom is -0.497 e. The van der Waals surface area contributed by atoms with Gasteiger partial charge in [-0.15, -0.1) is 11.3 Å². The van der Waals surface area contributed by atoms with E-state index < -0.39 is 0 Å². The molecule has 100 valence electrons. The Balaban J connectivity index is 1.96. The topological polar surface area (TPSA) is 43.4 Å². The van der Waals surface area contributed by atoms with Crippen LogP contribution in [0.4, 0.5) is 0 Å². The number of rotatable bonds is 3. The van der Waals surface area contributed by atoms with Crippen molar-refractivity contribution in [3.8, 4) is 11.5 Å². The zero-order valence-electron chi connectivity index (χ0n) is 10.9. The number of benzene rings is 1. The van der Waals surface area contributed by atoms with Gasteiger partial charge < -0.3 is 14.8 Å². The van der Waals surface area contributed by atoms with Crippen LogP contribution in [0.1, 0.15) is 29.8 Å². The highest BCUT2D eigenvalue weighted by molar-refractivity contribution is 7.07. The van der Waals surface area contributed by atoms with Crippen molar-refractivity contribution in [2.45, 2.75) is 18.6 Å². The van der Waals surface area contributed by atoms with Gasteiger partial charge in [-0.05, 0) is 13.1 Å². The van der Waals surface area contributed by atoms with Gasteiger partial charge in [-0.2, -0.15) is 0 Å². The molecule has 0 spiro atoms. The first kappa shape index (κ1) is 12.4. The van der Waals surface area contributed by atoms with Crippen molar-refractivity contribution in [1.82, 2.24) is 10.3 Å². The molecule has 2 heterocycles. The van der Waals surface area contributed by atoms with E-state index in [0.717, 1.165) is 23.6 Å². The molecule has 0 bridgehead atoms. The molecule has 0 amide bonds. The molecule has 0 radical (unpaired) electrons. The molecule has 2 unspecified atom stereocenters. The Morgan fingerprint density at radius 3 is 3.05 bits per heavy atom. The number of nitrogens with one attached hydrogen (secondary N) is 1. The maximum absolute atomic E-state index is 6.08. The molecule has 2 aromatic rings. The molecule has 2 atom stereocenters. The van der Waals surface area contributed by atoms with E-state index >= 15 is 0 Å². The van der Waals surface area contributed by atoms with Gasteiger partial charge in [0.25, 0.3) is 0 Å². The highest BCUT2D eigenvalue weighted by Gasteiger charge is 2.29. The van der Waals surface area contributed by atoms with Crippen molar-refractivity contribution < 1.29 is 9.47 Å². The van der Waals surface area contributed by atoms with Crippen LogP contribution in [0.3, 0.4) is 0 Å². The van der Waals surface area contributed by atoms with E-state index in [4.69, 9.17) is 9.47 Å². The van der Waals surface area contributed by atoms with Crippen LogP contribution in [-0.4, -0.2) is 19.1 Å². The number of hydrogen-bond donors (Lipinski definition) is 1. The Hall–Kier alpha value is -1.59. The van der Waals surface area contributed by atoms with E-state index in [1.165, 1.54) is 5.56 Å². The molecule has 1 aliphatic heterocycles. The van der Waals surface area contributed by atoms with Gasteiger partial charge in [-0.25, -0.2) is 4.98 Å². The normalized spacial score (nSPS) is 21.6. The van der Waals surface area contributed by atoms with Crippen molar-refractivity contribution in [3.63, 3.8) is 0 Å². The van der Waals surface area contributed by atoms with E-state index in [-0.39, 0.29) is 12.1 Å². The zero-order valence-corrected chi connectivity index (χ0v) is 11.7. The highest BCUT2D eigenvalue weighted by atomic mass is 32.1. The maximum Gasteiger partial charge on any atom is 0.143 e. The van der Waals surface area contributed by atoms with E-state index in [2.05, 4.69) is 16.4 Å². The number of nitrogens with zero attached hydrogens (tertiary/aromatic N) is 1. The molecule has 5 heteroatoms. The molecular weight excluding hydrogens is 260 g/mol. The predicted octanol–water partition coefficient (Wildman–Crippen LogP) is 2.94. The summed E-state index contributed by atoms with van der Waals surface area (Å²) in [4.78, 5) is 4.36. The van der Waals surface area contributed by atoms with Gasteiger partial charge in [0, 0.05) is 29.5 Å². The Kier molecular flexibility index (Phi) is 3.40. The van der Waals surface area contributed by atoms with Crippen LogP contribution in [0.5, 0.6) is 11.5 Å². The lowest BCUT2D eigenvalue weighted by Crippen LogP contribution is -2.26. The minimum atomic E-state index is 0.00306. The molecular formula is C14H16N2O2S. The minimum absolute atomic E-state index is 0.00306. The summed E-state index contributed by atoms with van der Waals surface area (Å²) in [5, 5.41) is 5.39. The van der Waals surface area contributed by atoms with Gasteiger partial charge in [0.05, 0.1) is 18.3 Å². The summed E-state index contributed by atoms with van der Waals surface area (Å²) < 4.78 is 11.3. The molecule has 0 saturated heterocycles. The van der Waals surface area contributed by atoms with Crippen molar-refractivity contribution in [2.24, 2.45) is 0 Å². The third-order valence-electron chi connectivity index (χ3n) is 3.44. The first-order valence-corrected chi connectivity index (χ1v) is 7.16. The molecule has 1 aromatic carbocycles. The quantitative estimate of drug-likeness (QED) is 0.936. The van der Waals surface area contributed by atoms with Gasteiger partial charge in [0.15, 0.2) is 0 Å². The first-order chi connectivity index (χ1) is 9.31. The average Bonchev–Trinajstić information content (AvgIpc) is 2.99. The number of ether oxygens (including phenoxy) is 2. The average molecular weight is 276 g/mol. The molecule has 0 saturated carbocycles. The third-order valence-corrected chi connectivity index (χ3v) is 4.05. The third kappa shape index (κ3) is 2.31. The van der Waals surface area contributed by atoms with Gasteiger partial charge >= 0.3 is 0 Å². The maximum atomic E-state index is 6.08. The van der Waals surface area contributed by atoms with Crippen molar-refractivity contribution in [3.05, 3.63) is 40.3 Å². The Morgan fingerprint density at radius 2 is 2.37 bits per heavy atom. The summed E-state index contributed by atoms with van der Waals surface area (Å²) in [6.45, 7) is 0. The van der Waals surface area contributed by atoms with Crippen LogP contribution in [0.2, 0.25) is 0 Å². The van der Waals surface area contributed by atoms with Gasteiger partial charge in [-0.1, -0.05) is 6.07 Å². The summed E-state index contributed by atoms with van der Waals surface area (Å²) in [6, 6.07) is 6.25. The number of methoxy groups -OCH3 is 1. The van der Waals surface area contributed by atoms with Gasteiger partial charge in [-0.3, -0.25) is 0 Å². The zero-order chi connectivity index (χ0) is 13.2. The largest absolute Gasteiger partial charge is 0.497 e. The lowest BCUT2D eigenvalue weighted by atomic mass is 9.95. The van der Waals surface area contributed by atoms with Crippen LogP contribution < -0.4 is 14.8 Å². The monoisotopic (exact) mass is 276 g/mol. The Bertz CT molecular complexity index is 557. The van der Waals surface area contributed by atoms with Crippen LogP contribution in [-0.2, 0) is 0 Å². The van der Waals surface area contributed by atoms with E-state index in [9.17, 15) is 0 Å². The van der Waals surface area contributed by atoms with Crippen LogP contribution in [0.15, 0.2) is 29.1 Å². The van der Waals surface area contributed by atoms with Crippen LogP contribution in [0, 0.1) is 0 Å². The fraction of sp³-hybridized carbons (Fsp3) is 0.357. The molecule has 3 rings (SSSR count). The molecule has 0 fully saturated rings.